The van der Waals surface area contributed by atoms with Gasteiger partial charge in [0.15, 0.2) is 13.2 Å². The van der Waals surface area contributed by atoms with Crippen LogP contribution >= 0.6 is 31.9 Å². The third kappa shape index (κ3) is 7.22. The molecule has 0 heterocycles. The Morgan fingerprint density at radius 1 is 0.735 bits per heavy atom. The summed E-state index contributed by atoms with van der Waals surface area (Å²) in [6, 6.07) is 7.60. The lowest BCUT2D eigenvalue weighted by Gasteiger charge is -2.32. The fourth-order valence-corrected chi connectivity index (χ4v) is 5.87. The van der Waals surface area contributed by atoms with E-state index in [1.54, 1.807) is 0 Å². The predicted molar refractivity (Wildman–Crippen MR) is 141 cm³/mol. The molecule has 0 spiro atoms. The number of ether oxygens (including phenoxy) is 2. The fourth-order valence-electron chi connectivity index (χ4n) is 4.50. The summed E-state index contributed by atoms with van der Waals surface area (Å²) in [6.45, 7) is 7.69. The minimum Gasteiger partial charge on any atom is -0.483 e. The van der Waals surface area contributed by atoms with Crippen LogP contribution in [0.25, 0.3) is 0 Å². The number of carbonyl (C=O) groups excluding carboxylic acids is 2. The second-order valence-corrected chi connectivity index (χ2v) is 10.8. The Labute approximate surface area is 218 Å². The minimum absolute atomic E-state index is 0.0638. The molecule has 2 N–H and O–H groups in total. The van der Waals surface area contributed by atoms with E-state index >= 15 is 0 Å². The highest BCUT2D eigenvalue weighted by atomic mass is 79.9. The molecule has 0 aromatic heterocycles. The van der Waals surface area contributed by atoms with Gasteiger partial charge in [0.1, 0.15) is 11.5 Å². The summed E-state index contributed by atoms with van der Waals surface area (Å²) in [5.74, 6) is 1.07. The maximum Gasteiger partial charge on any atom is 0.258 e. The van der Waals surface area contributed by atoms with Crippen molar-refractivity contribution in [2.75, 3.05) is 13.2 Å². The van der Waals surface area contributed by atoms with E-state index in [1.807, 2.05) is 52.0 Å². The molecular formula is C26H32Br2N2O4. The molecule has 2 amide bonds. The first-order valence-electron chi connectivity index (χ1n) is 11.5. The van der Waals surface area contributed by atoms with Crippen LogP contribution in [0.3, 0.4) is 0 Å². The van der Waals surface area contributed by atoms with Gasteiger partial charge in [0.05, 0.1) is 0 Å². The van der Waals surface area contributed by atoms with Gasteiger partial charge in [0.25, 0.3) is 11.8 Å². The highest BCUT2D eigenvalue weighted by Gasteiger charge is 2.28. The van der Waals surface area contributed by atoms with Crippen molar-refractivity contribution < 1.29 is 19.1 Å². The number of hydrogen-bond donors (Lipinski definition) is 2. The number of aryl methyl sites for hydroxylation is 4. The van der Waals surface area contributed by atoms with E-state index in [2.05, 4.69) is 42.5 Å². The molecule has 34 heavy (non-hydrogen) atoms. The molecule has 2 unspecified atom stereocenters. The first-order valence-corrected chi connectivity index (χ1v) is 13.1. The normalized spacial score (nSPS) is 17.7. The zero-order valence-corrected chi connectivity index (χ0v) is 23.3. The van der Waals surface area contributed by atoms with Crippen LogP contribution in [0, 0.1) is 27.7 Å². The highest BCUT2D eigenvalue weighted by molar-refractivity contribution is 9.10. The molecule has 2 atom stereocenters. The maximum absolute atomic E-state index is 12.6. The van der Waals surface area contributed by atoms with Gasteiger partial charge in [-0.1, -0.05) is 44.7 Å². The Bertz CT molecular complexity index is 928. The number of benzene rings is 2. The van der Waals surface area contributed by atoms with Crippen LogP contribution in [0.2, 0.25) is 0 Å². The maximum atomic E-state index is 12.6. The summed E-state index contributed by atoms with van der Waals surface area (Å²) in [7, 11) is 0. The van der Waals surface area contributed by atoms with Gasteiger partial charge in [-0.2, -0.15) is 0 Å². The Balaban J connectivity index is 1.53. The predicted octanol–water partition coefficient (Wildman–Crippen LogP) is 5.45. The van der Waals surface area contributed by atoms with Gasteiger partial charge < -0.3 is 20.1 Å². The monoisotopic (exact) mass is 594 g/mol. The largest absolute Gasteiger partial charge is 0.483 e. The van der Waals surface area contributed by atoms with Gasteiger partial charge in [-0.3, -0.25) is 9.59 Å². The molecule has 1 aliphatic carbocycles. The average molecular weight is 596 g/mol. The topological polar surface area (TPSA) is 76.7 Å². The van der Waals surface area contributed by atoms with E-state index in [1.165, 1.54) is 0 Å². The zero-order chi connectivity index (χ0) is 24.8. The van der Waals surface area contributed by atoms with Crippen LogP contribution in [0.4, 0.5) is 0 Å². The van der Waals surface area contributed by atoms with Gasteiger partial charge in [-0.15, -0.1) is 0 Å². The van der Waals surface area contributed by atoms with Crippen LogP contribution in [-0.4, -0.2) is 37.1 Å². The van der Waals surface area contributed by atoms with Crippen molar-refractivity contribution in [3.63, 3.8) is 0 Å². The van der Waals surface area contributed by atoms with Crippen molar-refractivity contribution in [1.29, 1.82) is 0 Å². The molecule has 2 aromatic carbocycles. The van der Waals surface area contributed by atoms with Crippen LogP contribution in [0.15, 0.2) is 33.2 Å². The summed E-state index contributed by atoms with van der Waals surface area (Å²) in [6.07, 6.45) is 3.66. The number of halogens is 2. The molecule has 2 aromatic rings. The van der Waals surface area contributed by atoms with Crippen LogP contribution in [0.1, 0.15) is 47.9 Å². The van der Waals surface area contributed by atoms with Crippen molar-refractivity contribution in [3.05, 3.63) is 55.5 Å². The average Bonchev–Trinajstić information content (AvgIpc) is 2.73. The molecule has 0 radical (unpaired) electrons. The number of carbonyl (C=O) groups is 2. The molecule has 1 saturated carbocycles. The molecule has 0 bridgehead atoms. The zero-order valence-electron chi connectivity index (χ0n) is 20.1. The van der Waals surface area contributed by atoms with Gasteiger partial charge in [-0.25, -0.2) is 0 Å². The lowest BCUT2D eigenvalue weighted by molar-refractivity contribution is -0.127. The van der Waals surface area contributed by atoms with E-state index < -0.39 is 0 Å². The van der Waals surface area contributed by atoms with Crippen LogP contribution in [0.5, 0.6) is 11.5 Å². The third-order valence-corrected chi connectivity index (χ3v) is 6.92. The summed E-state index contributed by atoms with van der Waals surface area (Å²) in [4.78, 5) is 25.3. The van der Waals surface area contributed by atoms with Crippen molar-refractivity contribution >= 4 is 43.7 Å². The van der Waals surface area contributed by atoms with Crippen molar-refractivity contribution in [2.24, 2.45) is 0 Å². The molecular weight excluding hydrogens is 564 g/mol. The first kappa shape index (κ1) is 26.5. The Hall–Kier alpha value is -2.06. The van der Waals surface area contributed by atoms with Crippen molar-refractivity contribution in [3.8, 4) is 11.5 Å². The van der Waals surface area contributed by atoms with Gasteiger partial charge in [-0.05, 0) is 87.1 Å². The number of amides is 2. The third-order valence-electron chi connectivity index (χ3n) is 6.00. The Morgan fingerprint density at radius 3 is 1.38 bits per heavy atom. The SMILES string of the molecule is Cc1cc(Br)cc(C)c1OCC(=O)NC1CCCCC1NC(=O)COc1c(C)cc(Br)cc1C. The lowest BCUT2D eigenvalue weighted by atomic mass is 9.90. The number of nitrogens with one attached hydrogen (secondary N) is 2. The smallest absolute Gasteiger partial charge is 0.258 e. The summed E-state index contributed by atoms with van der Waals surface area (Å²) in [5.41, 5.74) is 3.88. The van der Waals surface area contributed by atoms with Gasteiger partial charge >= 0.3 is 0 Å². The Kier molecular flexibility index (Phi) is 9.42. The van der Waals surface area contributed by atoms with E-state index in [0.29, 0.717) is 0 Å². The molecule has 1 fully saturated rings. The van der Waals surface area contributed by atoms with E-state index in [0.717, 1.165) is 68.4 Å². The van der Waals surface area contributed by atoms with Gasteiger partial charge in [0.2, 0.25) is 0 Å². The molecule has 1 aliphatic rings. The molecule has 3 rings (SSSR count). The standard InChI is InChI=1S/C26H32Br2N2O4/c1-15-9-19(27)10-16(2)25(15)33-13-23(31)29-21-7-5-6-8-22(21)30-24(32)14-34-26-17(3)11-20(28)12-18(26)4/h9-12,21-22H,5-8,13-14H2,1-4H3,(H,29,31)(H,30,32). The van der Waals surface area contributed by atoms with E-state index in [4.69, 9.17) is 9.47 Å². The Morgan fingerprint density at radius 2 is 1.06 bits per heavy atom. The summed E-state index contributed by atoms with van der Waals surface area (Å²) in [5, 5.41) is 6.12. The second kappa shape index (κ2) is 12.1. The van der Waals surface area contributed by atoms with Crippen LogP contribution in [-0.2, 0) is 9.59 Å². The van der Waals surface area contributed by atoms with E-state index in [-0.39, 0.29) is 37.1 Å². The number of rotatable bonds is 8. The molecule has 6 nitrogen and oxygen atoms in total. The molecule has 8 heteroatoms. The quantitative estimate of drug-likeness (QED) is 0.426. The summed E-state index contributed by atoms with van der Waals surface area (Å²) < 4.78 is 13.6. The highest BCUT2D eigenvalue weighted by Crippen LogP contribution is 2.28. The van der Waals surface area contributed by atoms with Crippen LogP contribution < -0.4 is 20.1 Å². The van der Waals surface area contributed by atoms with Crippen molar-refractivity contribution in [1.82, 2.24) is 10.6 Å². The number of hydrogen-bond acceptors (Lipinski definition) is 4. The first-order chi connectivity index (χ1) is 16.1. The van der Waals surface area contributed by atoms with Crippen molar-refractivity contribution in [2.45, 2.75) is 65.5 Å². The lowest BCUT2D eigenvalue weighted by Crippen LogP contribution is -2.54. The summed E-state index contributed by atoms with van der Waals surface area (Å²) >= 11 is 6.95. The minimum atomic E-state index is -0.190. The second-order valence-electron chi connectivity index (χ2n) is 8.95. The fraction of sp³-hybridized carbons (Fsp3) is 0.462. The molecule has 0 saturated heterocycles. The van der Waals surface area contributed by atoms with E-state index in [9.17, 15) is 9.59 Å². The molecule has 0 aliphatic heterocycles. The molecule has 184 valence electrons. The van der Waals surface area contributed by atoms with Gasteiger partial charge in [0, 0.05) is 21.0 Å².